The number of likely N-dealkylation sites (tertiary alicyclic amines) is 1. The molecule has 52 valence electrons. The lowest BCUT2D eigenvalue weighted by atomic mass is 10.4. The number of hydrogen-bond acceptors (Lipinski definition) is 1. The zero-order valence-electron chi connectivity index (χ0n) is 5.52. The molecule has 0 aromatic carbocycles. The second kappa shape index (κ2) is 3.37. The standard InChI is InChI=1S/C7H12BrN/c1-2-5-9-6-3-4-7(9)8/h2,7H,1,3-6H2. The van der Waals surface area contributed by atoms with E-state index < -0.39 is 0 Å². The first kappa shape index (κ1) is 7.29. The fourth-order valence-electron chi connectivity index (χ4n) is 1.16. The Morgan fingerprint density at radius 2 is 2.56 bits per heavy atom. The summed E-state index contributed by atoms with van der Waals surface area (Å²) in [6.45, 7) is 5.94. The van der Waals surface area contributed by atoms with Crippen molar-refractivity contribution in [3.8, 4) is 0 Å². The van der Waals surface area contributed by atoms with Gasteiger partial charge >= 0.3 is 0 Å². The SMILES string of the molecule is C=CCN1CCCC1Br. The van der Waals surface area contributed by atoms with Gasteiger partial charge in [0.15, 0.2) is 0 Å². The van der Waals surface area contributed by atoms with Crippen LogP contribution in [-0.4, -0.2) is 22.9 Å². The summed E-state index contributed by atoms with van der Waals surface area (Å²) >= 11 is 3.58. The maximum atomic E-state index is 3.70. The maximum Gasteiger partial charge on any atom is 0.0658 e. The molecule has 0 amide bonds. The predicted octanol–water partition coefficient (Wildman–Crippen LogP) is 1.99. The number of hydrogen-bond donors (Lipinski definition) is 0. The average Bonchev–Trinajstić information content (AvgIpc) is 2.18. The number of rotatable bonds is 2. The van der Waals surface area contributed by atoms with Crippen molar-refractivity contribution in [2.24, 2.45) is 0 Å². The molecule has 0 aromatic rings. The number of nitrogens with zero attached hydrogens (tertiary/aromatic N) is 1. The molecule has 1 unspecified atom stereocenters. The maximum absolute atomic E-state index is 3.70. The van der Waals surface area contributed by atoms with E-state index in [1.165, 1.54) is 19.4 Å². The lowest BCUT2D eigenvalue weighted by Gasteiger charge is -2.16. The van der Waals surface area contributed by atoms with Gasteiger partial charge in [-0.1, -0.05) is 22.0 Å². The van der Waals surface area contributed by atoms with Crippen molar-refractivity contribution in [1.29, 1.82) is 0 Å². The Morgan fingerprint density at radius 1 is 1.78 bits per heavy atom. The van der Waals surface area contributed by atoms with Crippen molar-refractivity contribution < 1.29 is 0 Å². The Kier molecular flexibility index (Phi) is 2.73. The molecule has 9 heavy (non-hydrogen) atoms. The van der Waals surface area contributed by atoms with Gasteiger partial charge < -0.3 is 0 Å². The van der Waals surface area contributed by atoms with E-state index in [4.69, 9.17) is 0 Å². The van der Waals surface area contributed by atoms with E-state index in [0.717, 1.165) is 6.54 Å². The first-order valence-corrected chi connectivity index (χ1v) is 4.25. The van der Waals surface area contributed by atoms with Crippen LogP contribution in [0.3, 0.4) is 0 Å². The van der Waals surface area contributed by atoms with E-state index in [1.54, 1.807) is 0 Å². The summed E-state index contributed by atoms with van der Waals surface area (Å²) < 4.78 is 0. The van der Waals surface area contributed by atoms with Crippen molar-refractivity contribution in [1.82, 2.24) is 4.90 Å². The molecule has 0 saturated carbocycles. The van der Waals surface area contributed by atoms with Gasteiger partial charge in [-0.2, -0.15) is 0 Å². The van der Waals surface area contributed by atoms with Crippen LogP contribution in [-0.2, 0) is 0 Å². The first-order valence-electron chi connectivity index (χ1n) is 3.33. The molecule has 0 aliphatic carbocycles. The Morgan fingerprint density at radius 3 is 3.00 bits per heavy atom. The normalized spacial score (nSPS) is 28.8. The van der Waals surface area contributed by atoms with E-state index in [1.807, 2.05) is 6.08 Å². The first-order chi connectivity index (χ1) is 4.34. The monoisotopic (exact) mass is 189 g/mol. The second-order valence-corrected chi connectivity index (χ2v) is 3.42. The van der Waals surface area contributed by atoms with E-state index in [9.17, 15) is 0 Å². The van der Waals surface area contributed by atoms with Crippen LogP contribution in [0.15, 0.2) is 12.7 Å². The molecule has 0 aromatic heterocycles. The molecular weight excluding hydrogens is 178 g/mol. The molecule has 1 aliphatic heterocycles. The Bertz CT molecular complexity index is 103. The highest BCUT2D eigenvalue weighted by Gasteiger charge is 2.19. The average molecular weight is 190 g/mol. The molecule has 1 heterocycles. The summed E-state index contributed by atoms with van der Waals surface area (Å²) in [6, 6.07) is 0. The van der Waals surface area contributed by atoms with Gasteiger partial charge in [0, 0.05) is 6.54 Å². The van der Waals surface area contributed by atoms with Gasteiger partial charge in [0.1, 0.15) is 0 Å². The van der Waals surface area contributed by atoms with E-state index in [-0.39, 0.29) is 0 Å². The largest absolute Gasteiger partial charge is 0.287 e. The molecule has 1 saturated heterocycles. The zero-order valence-corrected chi connectivity index (χ0v) is 7.10. The molecule has 0 radical (unpaired) electrons. The van der Waals surface area contributed by atoms with Crippen molar-refractivity contribution in [2.45, 2.75) is 17.8 Å². The summed E-state index contributed by atoms with van der Waals surface area (Å²) in [4.78, 5) is 2.99. The molecule has 0 N–H and O–H groups in total. The minimum Gasteiger partial charge on any atom is -0.287 e. The molecule has 1 aliphatic rings. The van der Waals surface area contributed by atoms with Crippen molar-refractivity contribution >= 4 is 15.9 Å². The molecule has 1 nitrogen and oxygen atoms in total. The van der Waals surface area contributed by atoms with Crippen LogP contribution in [0.25, 0.3) is 0 Å². The molecule has 1 fully saturated rings. The molecule has 1 atom stereocenters. The number of halogens is 1. The zero-order chi connectivity index (χ0) is 6.69. The molecule has 0 bridgehead atoms. The third kappa shape index (κ3) is 1.80. The van der Waals surface area contributed by atoms with Crippen LogP contribution < -0.4 is 0 Å². The van der Waals surface area contributed by atoms with Crippen molar-refractivity contribution in [3.05, 3.63) is 12.7 Å². The highest BCUT2D eigenvalue weighted by molar-refractivity contribution is 9.09. The summed E-state index contributed by atoms with van der Waals surface area (Å²) in [5.41, 5.74) is 0. The van der Waals surface area contributed by atoms with Crippen LogP contribution in [0.1, 0.15) is 12.8 Å². The predicted molar refractivity (Wildman–Crippen MR) is 43.7 cm³/mol. The summed E-state index contributed by atoms with van der Waals surface area (Å²) in [5.74, 6) is 0. The van der Waals surface area contributed by atoms with Gasteiger partial charge in [0.2, 0.25) is 0 Å². The van der Waals surface area contributed by atoms with Gasteiger partial charge in [-0.25, -0.2) is 0 Å². The molecule has 2 heteroatoms. The van der Waals surface area contributed by atoms with Crippen LogP contribution in [0.2, 0.25) is 0 Å². The van der Waals surface area contributed by atoms with Crippen LogP contribution in [0.4, 0.5) is 0 Å². The van der Waals surface area contributed by atoms with Crippen LogP contribution in [0, 0.1) is 0 Å². The highest BCUT2D eigenvalue weighted by Crippen LogP contribution is 2.21. The van der Waals surface area contributed by atoms with Gasteiger partial charge in [-0.15, -0.1) is 6.58 Å². The van der Waals surface area contributed by atoms with Crippen LogP contribution >= 0.6 is 15.9 Å². The topological polar surface area (TPSA) is 3.24 Å². The molecule has 0 spiro atoms. The van der Waals surface area contributed by atoms with E-state index in [0.29, 0.717) is 4.95 Å². The quantitative estimate of drug-likeness (QED) is 0.365. The summed E-state index contributed by atoms with van der Waals surface area (Å²) in [6.07, 6.45) is 4.57. The summed E-state index contributed by atoms with van der Waals surface area (Å²) in [5, 5.41) is 0. The van der Waals surface area contributed by atoms with E-state index >= 15 is 0 Å². The molecular formula is C7H12BrN. The minimum atomic E-state index is 0.607. The Hall–Kier alpha value is 0.180. The summed E-state index contributed by atoms with van der Waals surface area (Å²) in [7, 11) is 0. The number of alkyl halides is 1. The van der Waals surface area contributed by atoms with Crippen molar-refractivity contribution in [3.63, 3.8) is 0 Å². The third-order valence-corrected chi connectivity index (χ3v) is 2.68. The molecule has 1 rings (SSSR count). The lowest BCUT2D eigenvalue weighted by Crippen LogP contribution is -2.24. The third-order valence-electron chi connectivity index (χ3n) is 1.65. The van der Waals surface area contributed by atoms with Gasteiger partial charge in [-0.05, 0) is 19.4 Å². The van der Waals surface area contributed by atoms with E-state index in [2.05, 4.69) is 27.4 Å². The highest BCUT2D eigenvalue weighted by atomic mass is 79.9. The fraction of sp³-hybridized carbons (Fsp3) is 0.714. The van der Waals surface area contributed by atoms with Gasteiger partial charge in [0.25, 0.3) is 0 Å². The van der Waals surface area contributed by atoms with Crippen molar-refractivity contribution in [2.75, 3.05) is 13.1 Å². The van der Waals surface area contributed by atoms with Gasteiger partial charge in [-0.3, -0.25) is 4.90 Å². The van der Waals surface area contributed by atoms with Crippen LogP contribution in [0.5, 0.6) is 0 Å². The smallest absolute Gasteiger partial charge is 0.0658 e. The minimum absolute atomic E-state index is 0.607. The second-order valence-electron chi connectivity index (χ2n) is 2.36. The Balaban J connectivity index is 2.30. The fourth-order valence-corrected chi connectivity index (χ4v) is 1.85. The lowest BCUT2D eigenvalue weighted by molar-refractivity contribution is 0.358. The van der Waals surface area contributed by atoms with Gasteiger partial charge in [0.05, 0.1) is 4.95 Å². The Labute approximate surface area is 64.9 Å².